The number of carbonyl (C=O) groups excluding carboxylic acids is 3. The predicted octanol–water partition coefficient (Wildman–Crippen LogP) is 4.30. The molecule has 6 nitrogen and oxygen atoms in total. The molecule has 0 radical (unpaired) electrons. The minimum Gasteiger partial charge on any atom is -0.326 e. The fourth-order valence-electron chi connectivity index (χ4n) is 3.12. The minimum absolute atomic E-state index is 0.0337. The average molecular weight is 393 g/mol. The van der Waals surface area contributed by atoms with E-state index in [4.69, 9.17) is 0 Å². The number of amides is 3. The molecule has 0 saturated heterocycles. The lowest BCUT2D eigenvalue weighted by Crippen LogP contribution is -2.35. The SMILES string of the molecule is CC(=O)Nc1cccc(NC(=O)C2(C(=O)Nc3ccc(C(C)(C)C)cc3)CC2)c1. The Kier molecular flexibility index (Phi) is 5.46. The van der Waals surface area contributed by atoms with E-state index >= 15 is 0 Å². The molecular formula is C23H27N3O3. The molecule has 0 spiro atoms. The fraction of sp³-hybridized carbons (Fsp3) is 0.348. The summed E-state index contributed by atoms with van der Waals surface area (Å²) in [6.45, 7) is 7.81. The molecular weight excluding hydrogens is 366 g/mol. The molecule has 2 aromatic rings. The van der Waals surface area contributed by atoms with Crippen LogP contribution in [0.2, 0.25) is 0 Å². The van der Waals surface area contributed by atoms with Gasteiger partial charge in [0.2, 0.25) is 17.7 Å². The van der Waals surface area contributed by atoms with Gasteiger partial charge in [0.25, 0.3) is 0 Å². The first-order chi connectivity index (χ1) is 13.6. The molecule has 6 heteroatoms. The first-order valence-electron chi connectivity index (χ1n) is 9.71. The van der Waals surface area contributed by atoms with Gasteiger partial charge in [-0.2, -0.15) is 0 Å². The second-order valence-electron chi connectivity index (χ2n) is 8.58. The zero-order valence-electron chi connectivity index (χ0n) is 17.3. The Morgan fingerprint density at radius 1 is 0.793 bits per heavy atom. The Balaban J connectivity index is 1.66. The van der Waals surface area contributed by atoms with Crippen LogP contribution in [0.1, 0.15) is 46.1 Å². The molecule has 29 heavy (non-hydrogen) atoms. The van der Waals surface area contributed by atoms with Crippen molar-refractivity contribution in [1.29, 1.82) is 0 Å². The Morgan fingerprint density at radius 2 is 1.31 bits per heavy atom. The molecule has 0 aromatic heterocycles. The van der Waals surface area contributed by atoms with Crippen LogP contribution >= 0.6 is 0 Å². The van der Waals surface area contributed by atoms with Gasteiger partial charge in [0.15, 0.2) is 0 Å². The van der Waals surface area contributed by atoms with E-state index in [1.807, 2.05) is 24.3 Å². The molecule has 2 aromatic carbocycles. The molecule has 0 atom stereocenters. The third kappa shape index (κ3) is 4.83. The molecule has 152 valence electrons. The first-order valence-corrected chi connectivity index (χ1v) is 9.71. The third-order valence-electron chi connectivity index (χ3n) is 5.07. The Morgan fingerprint density at radius 3 is 1.79 bits per heavy atom. The lowest BCUT2D eigenvalue weighted by molar-refractivity contribution is -0.131. The first kappa shape index (κ1) is 20.6. The van der Waals surface area contributed by atoms with E-state index in [0.29, 0.717) is 29.9 Å². The van der Waals surface area contributed by atoms with Crippen molar-refractivity contribution in [2.75, 3.05) is 16.0 Å². The van der Waals surface area contributed by atoms with Crippen molar-refractivity contribution in [2.24, 2.45) is 5.41 Å². The second kappa shape index (κ2) is 7.70. The molecule has 3 N–H and O–H groups in total. The van der Waals surface area contributed by atoms with Crippen LogP contribution in [0.3, 0.4) is 0 Å². The molecule has 1 aliphatic carbocycles. The monoisotopic (exact) mass is 393 g/mol. The van der Waals surface area contributed by atoms with Gasteiger partial charge in [-0.15, -0.1) is 0 Å². The summed E-state index contributed by atoms with van der Waals surface area (Å²) in [7, 11) is 0. The molecule has 1 aliphatic rings. The minimum atomic E-state index is -1.05. The fourth-order valence-corrected chi connectivity index (χ4v) is 3.12. The van der Waals surface area contributed by atoms with Gasteiger partial charge < -0.3 is 16.0 Å². The number of hydrogen-bond donors (Lipinski definition) is 3. The quantitative estimate of drug-likeness (QED) is 0.662. The Labute approximate surface area is 171 Å². The van der Waals surface area contributed by atoms with Crippen LogP contribution in [0, 0.1) is 5.41 Å². The highest BCUT2D eigenvalue weighted by molar-refractivity contribution is 6.17. The van der Waals surface area contributed by atoms with Crippen molar-refractivity contribution in [1.82, 2.24) is 0 Å². The lowest BCUT2D eigenvalue weighted by atomic mass is 9.87. The van der Waals surface area contributed by atoms with Gasteiger partial charge in [0, 0.05) is 24.0 Å². The van der Waals surface area contributed by atoms with Crippen LogP contribution in [0.25, 0.3) is 0 Å². The van der Waals surface area contributed by atoms with E-state index in [2.05, 4.69) is 36.7 Å². The maximum Gasteiger partial charge on any atom is 0.240 e. The van der Waals surface area contributed by atoms with Gasteiger partial charge >= 0.3 is 0 Å². The summed E-state index contributed by atoms with van der Waals surface area (Å²) in [5.41, 5.74) is 1.96. The van der Waals surface area contributed by atoms with Gasteiger partial charge in [-0.25, -0.2) is 0 Å². The van der Waals surface area contributed by atoms with Crippen molar-refractivity contribution in [3.63, 3.8) is 0 Å². The van der Waals surface area contributed by atoms with E-state index in [1.54, 1.807) is 24.3 Å². The molecule has 1 saturated carbocycles. The highest BCUT2D eigenvalue weighted by Crippen LogP contribution is 2.47. The number of benzene rings is 2. The zero-order chi connectivity index (χ0) is 21.2. The largest absolute Gasteiger partial charge is 0.326 e. The summed E-state index contributed by atoms with van der Waals surface area (Å²) in [4.78, 5) is 36.8. The zero-order valence-corrected chi connectivity index (χ0v) is 17.3. The summed E-state index contributed by atoms with van der Waals surface area (Å²) < 4.78 is 0. The van der Waals surface area contributed by atoms with Crippen molar-refractivity contribution >= 4 is 34.8 Å². The van der Waals surface area contributed by atoms with Crippen LogP contribution in [0.4, 0.5) is 17.1 Å². The number of hydrogen-bond acceptors (Lipinski definition) is 3. The number of carbonyl (C=O) groups is 3. The van der Waals surface area contributed by atoms with Gasteiger partial charge in [0.05, 0.1) is 0 Å². The van der Waals surface area contributed by atoms with Crippen molar-refractivity contribution < 1.29 is 14.4 Å². The van der Waals surface area contributed by atoms with E-state index in [0.717, 1.165) is 0 Å². The van der Waals surface area contributed by atoms with Gasteiger partial charge in [-0.3, -0.25) is 14.4 Å². The Bertz CT molecular complexity index is 939. The molecule has 0 aliphatic heterocycles. The molecule has 1 fully saturated rings. The van der Waals surface area contributed by atoms with Crippen LogP contribution in [-0.4, -0.2) is 17.7 Å². The lowest BCUT2D eigenvalue weighted by Gasteiger charge is -2.20. The normalized spacial score (nSPS) is 14.6. The second-order valence-corrected chi connectivity index (χ2v) is 8.58. The summed E-state index contributed by atoms with van der Waals surface area (Å²) in [6, 6.07) is 14.6. The smallest absolute Gasteiger partial charge is 0.240 e. The summed E-state index contributed by atoms with van der Waals surface area (Å²) in [6.07, 6.45) is 1.02. The maximum absolute atomic E-state index is 12.8. The highest BCUT2D eigenvalue weighted by Gasteiger charge is 2.56. The summed E-state index contributed by atoms with van der Waals surface area (Å²) in [5.74, 6) is -0.818. The van der Waals surface area contributed by atoms with Crippen LogP contribution in [0.5, 0.6) is 0 Å². The van der Waals surface area contributed by atoms with E-state index < -0.39 is 5.41 Å². The topological polar surface area (TPSA) is 87.3 Å². The average Bonchev–Trinajstić information content (AvgIpc) is 3.43. The van der Waals surface area contributed by atoms with E-state index in [-0.39, 0.29) is 23.1 Å². The molecule has 3 rings (SSSR count). The van der Waals surface area contributed by atoms with Crippen LogP contribution in [0.15, 0.2) is 48.5 Å². The molecule has 0 heterocycles. The maximum atomic E-state index is 12.8. The van der Waals surface area contributed by atoms with E-state index in [9.17, 15) is 14.4 Å². The van der Waals surface area contributed by atoms with Crippen LogP contribution in [-0.2, 0) is 19.8 Å². The predicted molar refractivity (Wildman–Crippen MR) is 115 cm³/mol. The van der Waals surface area contributed by atoms with E-state index in [1.165, 1.54) is 12.5 Å². The Hall–Kier alpha value is -3.15. The number of nitrogens with one attached hydrogen (secondary N) is 3. The van der Waals surface area contributed by atoms with Crippen molar-refractivity contribution in [3.05, 3.63) is 54.1 Å². The standard InChI is InChI=1S/C23H27N3O3/c1-15(27)24-18-6-5-7-19(14-18)26-21(29)23(12-13-23)20(28)25-17-10-8-16(9-11-17)22(2,3)4/h5-11,14H,12-13H2,1-4H3,(H,24,27)(H,25,28)(H,26,29). The molecule has 3 amide bonds. The van der Waals surface area contributed by atoms with Crippen molar-refractivity contribution in [3.8, 4) is 0 Å². The molecule has 0 bridgehead atoms. The number of anilines is 3. The summed E-state index contributed by atoms with van der Waals surface area (Å²) >= 11 is 0. The van der Waals surface area contributed by atoms with Gasteiger partial charge in [-0.1, -0.05) is 39.0 Å². The van der Waals surface area contributed by atoms with Crippen LogP contribution < -0.4 is 16.0 Å². The van der Waals surface area contributed by atoms with Crippen molar-refractivity contribution in [2.45, 2.75) is 46.0 Å². The summed E-state index contributed by atoms with van der Waals surface area (Å²) in [5, 5.41) is 8.35. The highest BCUT2D eigenvalue weighted by atomic mass is 16.2. The number of rotatable bonds is 5. The third-order valence-corrected chi connectivity index (χ3v) is 5.07. The van der Waals surface area contributed by atoms with Gasteiger partial charge in [0.1, 0.15) is 5.41 Å². The van der Waals surface area contributed by atoms with Gasteiger partial charge in [-0.05, 0) is 54.2 Å². The molecule has 0 unspecified atom stereocenters.